The van der Waals surface area contributed by atoms with Gasteiger partial charge in [0, 0.05) is 52.0 Å². The molecule has 0 aromatic heterocycles. The molecule has 0 saturated heterocycles. The first-order valence-electron chi connectivity index (χ1n) is 15.0. The summed E-state index contributed by atoms with van der Waals surface area (Å²) < 4.78 is 0. The maximum absolute atomic E-state index is 11.2. The van der Waals surface area contributed by atoms with Crippen molar-refractivity contribution in [1.29, 1.82) is 0 Å². The van der Waals surface area contributed by atoms with E-state index >= 15 is 0 Å². The molecule has 0 spiro atoms. The molecule has 0 unspecified atom stereocenters. The van der Waals surface area contributed by atoms with Crippen LogP contribution in [0.2, 0.25) is 0 Å². The van der Waals surface area contributed by atoms with Crippen LogP contribution in [-0.4, -0.2) is 34.7 Å². The maximum atomic E-state index is 11.2. The molecule has 0 radical (unpaired) electrons. The van der Waals surface area contributed by atoms with E-state index in [1.807, 2.05) is 12.4 Å². The molecule has 0 heterocycles. The molecule has 0 amide bonds. The first-order chi connectivity index (χ1) is 18.2. The SMILES string of the molecule is CC(C)(C)c1cc(C=N[C@@H]2CCCC[C@H]2N=Cc2cc(C(C)(C)C)cc(C(C)(C)C)c2O)c(O)c(C(C)(C)C)c1.[Cl-].[Cr]. The fourth-order valence-corrected chi connectivity index (χ4v) is 5.31. The molecule has 6 heteroatoms. The number of hydrogen-bond donors (Lipinski definition) is 2. The Labute approximate surface area is 273 Å². The summed E-state index contributed by atoms with van der Waals surface area (Å²) in [4.78, 5) is 10.1. The second-order valence-electron chi connectivity index (χ2n) is 15.9. The van der Waals surface area contributed by atoms with E-state index in [1.165, 1.54) is 11.1 Å². The number of rotatable bonds is 4. The molecule has 3 rings (SSSR count). The molecule has 2 aromatic rings. The van der Waals surface area contributed by atoms with Crippen LogP contribution in [0.15, 0.2) is 34.3 Å². The zero-order valence-electron chi connectivity index (χ0n) is 28.0. The van der Waals surface area contributed by atoms with Gasteiger partial charge in [-0.2, -0.15) is 0 Å². The average Bonchev–Trinajstić information content (AvgIpc) is 2.80. The van der Waals surface area contributed by atoms with Crippen LogP contribution in [0.3, 0.4) is 0 Å². The number of aliphatic imine (C=N–C) groups is 2. The van der Waals surface area contributed by atoms with Crippen LogP contribution in [0.1, 0.15) is 142 Å². The number of hydrogen-bond acceptors (Lipinski definition) is 4. The molecule has 0 aliphatic heterocycles. The molecular weight excluding hydrogens is 580 g/mol. The Morgan fingerprint density at radius 1 is 0.571 bits per heavy atom. The van der Waals surface area contributed by atoms with E-state index in [4.69, 9.17) is 9.98 Å². The molecule has 1 saturated carbocycles. The summed E-state index contributed by atoms with van der Waals surface area (Å²) >= 11 is 0. The van der Waals surface area contributed by atoms with Crippen molar-refractivity contribution in [3.05, 3.63) is 57.6 Å². The number of nitrogens with zero attached hydrogens (tertiary/aromatic N) is 2. The van der Waals surface area contributed by atoms with Gasteiger partial charge in [0.15, 0.2) is 0 Å². The summed E-state index contributed by atoms with van der Waals surface area (Å²) in [6, 6.07) is 8.53. The van der Waals surface area contributed by atoms with Crippen molar-refractivity contribution >= 4 is 12.4 Å². The molecular formula is C36H54ClCrN2O2-. The maximum Gasteiger partial charge on any atom is 0.128 e. The Kier molecular flexibility index (Phi) is 12.6. The van der Waals surface area contributed by atoms with Gasteiger partial charge in [0.1, 0.15) is 11.5 Å². The van der Waals surface area contributed by atoms with Crippen LogP contribution in [-0.2, 0) is 39.0 Å². The van der Waals surface area contributed by atoms with E-state index in [0.717, 1.165) is 47.9 Å². The van der Waals surface area contributed by atoms with Crippen molar-refractivity contribution in [2.24, 2.45) is 9.98 Å². The number of aromatic hydroxyl groups is 2. The molecule has 1 aliphatic carbocycles. The van der Waals surface area contributed by atoms with E-state index in [1.54, 1.807) is 0 Å². The summed E-state index contributed by atoms with van der Waals surface area (Å²) in [5.41, 5.74) is 5.39. The van der Waals surface area contributed by atoms with Crippen LogP contribution in [0.5, 0.6) is 11.5 Å². The van der Waals surface area contributed by atoms with E-state index in [2.05, 4.69) is 107 Å². The minimum Gasteiger partial charge on any atom is -1.00 e. The minimum atomic E-state index is -0.179. The summed E-state index contributed by atoms with van der Waals surface area (Å²) in [7, 11) is 0. The van der Waals surface area contributed by atoms with Gasteiger partial charge in [-0.1, -0.05) is 108 Å². The van der Waals surface area contributed by atoms with E-state index in [0.29, 0.717) is 11.5 Å². The van der Waals surface area contributed by atoms with Crippen molar-refractivity contribution in [3.63, 3.8) is 0 Å². The predicted molar refractivity (Wildman–Crippen MR) is 172 cm³/mol. The minimum absolute atomic E-state index is 0. The molecule has 1 fully saturated rings. The average molecular weight is 634 g/mol. The third-order valence-corrected chi connectivity index (χ3v) is 8.13. The second kappa shape index (κ2) is 13.9. The number of phenolic OH excluding ortho intramolecular Hbond substituents is 2. The number of halogens is 1. The van der Waals surface area contributed by atoms with Gasteiger partial charge in [-0.3, -0.25) is 9.98 Å². The molecule has 2 atom stereocenters. The van der Waals surface area contributed by atoms with E-state index < -0.39 is 0 Å². The predicted octanol–water partition coefficient (Wildman–Crippen LogP) is 6.14. The zero-order chi connectivity index (χ0) is 30.3. The fourth-order valence-electron chi connectivity index (χ4n) is 5.31. The van der Waals surface area contributed by atoms with E-state index in [-0.39, 0.29) is 63.5 Å². The topological polar surface area (TPSA) is 65.2 Å². The van der Waals surface area contributed by atoms with Gasteiger partial charge in [0.2, 0.25) is 0 Å². The van der Waals surface area contributed by atoms with Gasteiger partial charge in [0.25, 0.3) is 0 Å². The Morgan fingerprint density at radius 2 is 0.881 bits per heavy atom. The summed E-state index contributed by atoms with van der Waals surface area (Å²) in [6.45, 7) is 26.0. The van der Waals surface area contributed by atoms with Gasteiger partial charge in [-0.05, 0) is 57.8 Å². The number of benzene rings is 2. The first kappa shape index (κ1) is 38.2. The van der Waals surface area contributed by atoms with Crippen molar-refractivity contribution in [3.8, 4) is 11.5 Å². The number of phenols is 2. The normalized spacial score (nSPS) is 18.7. The second-order valence-corrected chi connectivity index (χ2v) is 15.9. The summed E-state index contributed by atoms with van der Waals surface area (Å²) in [5.74, 6) is 0.637. The van der Waals surface area contributed by atoms with Gasteiger partial charge in [0.05, 0.1) is 12.1 Å². The quantitative estimate of drug-likeness (QED) is 0.398. The summed E-state index contributed by atoms with van der Waals surface area (Å²) in [5, 5.41) is 22.5. The smallest absolute Gasteiger partial charge is 0.128 e. The Balaban J connectivity index is 0.00000441. The van der Waals surface area contributed by atoms with Crippen LogP contribution in [0.4, 0.5) is 0 Å². The zero-order valence-corrected chi connectivity index (χ0v) is 30.1. The molecule has 42 heavy (non-hydrogen) atoms. The third kappa shape index (κ3) is 9.35. The standard InChI is InChI=1S/C36H54N2O2.ClH.Cr/c1-33(2,3)25-17-23(31(39)27(19-25)35(7,8)9)21-37-29-15-13-14-16-30(29)38-22-24-18-26(34(4,5)6)20-28(32(24)40)36(10,11)12;;/h17-22,29-30,39-40H,13-16H2,1-12H3;1H;/p-1/t29-,30-;;/m1../s1. The molecule has 1 aliphatic rings. The van der Waals surface area contributed by atoms with Crippen LogP contribution in [0.25, 0.3) is 0 Å². The van der Waals surface area contributed by atoms with Gasteiger partial charge in [-0.25, -0.2) is 0 Å². The van der Waals surface area contributed by atoms with Crippen molar-refractivity contribution in [2.45, 2.75) is 143 Å². The Hall–Kier alpha value is -1.80. The van der Waals surface area contributed by atoms with Crippen molar-refractivity contribution in [2.75, 3.05) is 0 Å². The molecule has 2 N–H and O–H groups in total. The van der Waals surface area contributed by atoms with Gasteiger partial charge in [-0.15, -0.1) is 0 Å². The van der Waals surface area contributed by atoms with E-state index in [9.17, 15) is 10.2 Å². The monoisotopic (exact) mass is 633 g/mol. The first-order valence-corrected chi connectivity index (χ1v) is 15.0. The molecule has 0 bridgehead atoms. The summed E-state index contributed by atoms with van der Waals surface area (Å²) in [6.07, 6.45) is 7.90. The van der Waals surface area contributed by atoms with Gasteiger partial charge >= 0.3 is 0 Å². The van der Waals surface area contributed by atoms with Crippen LogP contribution in [0, 0.1) is 0 Å². The van der Waals surface area contributed by atoms with Crippen molar-refractivity contribution in [1.82, 2.24) is 0 Å². The molecule has 234 valence electrons. The van der Waals surface area contributed by atoms with Crippen molar-refractivity contribution < 1.29 is 40.0 Å². The molecule has 2 aromatic carbocycles. The fraction of sp³-hybridized carbons (Fsp3) is 0.611. The molecule has 4 nitrogen and oxygen atoms in total. The third-order valence-electron chi connectivity index (χ3n) is 8.13. The van der Waals surface area contributed by atoms with Crippen LogP contribution < -0.4 is 12.4 Å². The largest absolute Gasteiger partial charge is 1.00 e. The van der Waals surface area contributed by atoms with Gasteiger partial charge < -0.3 is 22.6 Å². The Morgan fingerprint density at radius 3 is 1.14 bits per heavy atom. The van der Waals surface area contributed by atoms with Crippen LogP contribution >= 0.6 is 0 Å². The Bertz CT molecular complexity index is 1170.